The maximum Gasteiger partial charge on any atom is 0.416 e. The van der Waals surface area contributed by atoms with Gasteiger partial charge >= 0.3 is 6.18 Å². The third-order valence-electron chi connectivity index (χ3n) is 6.92. The van der Waals surface area contributed by atoms with Gasteiger partial charge in [-0.15, -0.1) is 0 Å². The van der Waals surface area contributed by atoms with Gasteiger partial charge in [-0.3, -0.25) is 9.78 Å². The largest absolute Gasteiger partial charge is 0.416 e. The van der Waals surface area contributed by atoms with E-state index in [4.69, 9.17) is 0 Å². The molecule has 0 saturated heterocycles. The Bertz CT molecular complexity index is 1580. The summed E-state index contributed by atoms with van der Waals surface area (Å²) in [7, 11) is 0. The summed E-state index contributed by atoms with van der Waals surface area (Å²) in [5.74, 6) is -1.02. The van der Waals surface area contributed by atoms with Crippen LogP contribution < -0.4 is 5.32 Å². The number of carbonyl (C=O) groups is 1. The highest BCUT2D eigenvalue weighted by Gasteiger charge is 2.31. The normalized spacial score (nSPS) is 12.4. The Labute approximate surface area is 229 Å². The van der Waals surface area contributed by atoms with E-state index in [1.54, 1.807) is 18.3 Å². The molecule has 204 valence electrons. The molecule has 0 fully saturated rings. The van der Waals surface area contributed by atoms with Crippen LogP contribution in [-0.4, -0.2) is 22.0 Å². The Morgan fingerprint density at radius 2 is 1.62 bits per heavy atom. The maximum atomic E-state index is 13.5. The second-order valence-electron chi connectivity index (χ2n) is 9.65. The zero-order chi connectivity index (χ0) is 28.1. The molecule has 40 heavy (non-hydrogen) atoms. The van der Waals surface area contributed by atoms with E-state index in [9.17, 15) is 22.4 Å². The van der Waals surface area contributed by atoms with E-state index in [-0.39, 0.29) is 18.1 Å². The van der Waals surface area contributed by atoms with E-state index in [0.717, 1.165) is 39.9 Å². The SMILES string of the molecule is O=C(CC(c1ccc(C(F)(F)F)cc1)c1cn(Cc2ccc(F)cc2)c2ccccc12)NCCc1ccccn1. The Balaban J connectivity index is 1.47. The number of benzene rings is 3. The highest BCUT2D eigenvalue weighted by Crippen LogP contribution is 2.37. The van der Waals surface area contributed by atoms with Gasteiger partial charge in [-0.25, -0.2) is 4.39 Å². The van der Waals surface area contributed by atoms with E-state index in [0.29, 0.717) is 25.1 Å². The first kappa shape index (κ1) is 27.1. The van der Waals surface area contributed by atoms with Gasteiger partial charge in [0.2, 0.25) is 5.91 Å². The summed E-state index contributed by atoms with van der Waals surface area (Å²) >= 11 is 0. The monoisotopic (exact) mass is 545 g/mol. The third kappa shape index (κ3) is 6.39. The fraction of sp³-hybridized carbons (Fsp3) is 0.188. The number of hydrogen-bond donors (Lipinski definition) is 1. The Morgan fingerprint density at radius 1 is 0.900 bits per heavy atom. The van der Waals surface area contributed by atoms with Crippen LogP contribution in [0.5, 0.6) is 0 Å². The number of pyridine rings is 1. The van der Waals surface area contributed by atoms with Crippen molar-refractivity contribution >= 4 is 16.8 Å². The minimum atomic E-state index is -4.46. The van der Waals surface area contributed by atoms with Crippen LogP contribution in [0.4, 0.5) is 17.6 Å². The highest BCUT2D eigenvalue weighted by atomic mass is 19.4. The van der Waals surface area contributed by atoms with Gasteiger partial charge in [0.25, 0.3) is 0 Å². The van der Waals surface area contributed by atoms with Gasteiger partial charge in [-0.1, -0.05) is 48.5 Å². The standard InChI is InChI=1S/C32H27F4N3O/c33-25-14-8-22(9-15-25)20-39-21-29(27-6-1-2-7-30(27)39)28(23-10-12-24(13-11-23)32(34,35)36)19-31(40)38-18-16-26-5-3-4-17-37-26/h1-15,17,21,28H,16,18-20H2,(H,38,40). The van der Waals surface area contributed by atoms with Gasteiger partial charge in [0.1, 0.15) is 5.82 Å². The molecule has 0 aliphatic carbocycles. The molecule has 0 radical (unpaired) electrons. The van der Waals surface area contributed by atoms with Crippen molar-refractivity contribution in [1.82, 2.24) is 14.9 Å². The predicted octanol–water partition coefficient (Wildman–Crippen LogP) is 7.12. The van der Waals surface area contributed by atoms with Crippen molar-refractivity contribution in [2.45, 2.75) is 31.5 Å². The van der Waals surface area contributed by atoms with Crippen molar-refractivity contribution in [3.05, 3.63) is 137 Å². The van der Waals surface area contributed by atoms with Crippen LogP contribution in [0.3, 0.4) is 0 Å². The molecule has 1 atom stereocenters. The first-order valence-electron chi connectivity index (χ1n) is 12.9. The fourth-order valence-electron chi connectivity index (χ4n) is 4.92. The molecule has 8 heteroatoms. The lowest BCUT2D eigenvalue weighted by atomic mass is 9.87. The fourth-order valence-corrected chi connectivity index (χ4v) is 4.92. The molecular weight excluding hydrogens is 518 g/mol. The summed E-state index contributed by atoms with van der Waals surface area (Å²) in [5, 5.41) is 3.83. The van der Waals surface area contributed by atoms with Gasteiger partial charge in [0.15, 0.2) is 0 Å². The zero-order valence-corrected chi connectivity index (χ0v) is 21.5. The molecule has 5 rings (SSSR count). The summed E-state index contributed by atoms with van der Waals surface area (Å²) in [6, 6.07) is 24.5. The second kappa shape index (κ2) is 11.7. The van der Waals surface area contributed by atoms with Gasteiger partial charge in [0.05, 0.1) is 5.56 Å². The van der Waals surface area contributed by atoms with Gasteiger partial charge in [-0.2, -0.15) is 13.2 Å². The number of nitrogens with one attached hydrogen (secondary N) is 1. The van der Waals surface area contributed by atoms with Crippen LogP contribution in [0.25, 0.3) is 10.9 Å². The highest BCUT2D eigenvalue weighted by molar-refractivity contribution is 5.86. The number of aromatic nitrogens is 2. The summed E-state index contributed by atoms with van der Waals surface area (Å²) in [6.07, 6.45) is -0.203. The molecule has 0 aliphatic heterocycles. The average molecular weight is 546 g/mol. The number of hydrogen-bond acceptors (Lipinski definition) is 2. The molecule has 1 amide bonds. The van der Waals surface area contributed by atoms with E-state index >= 15 is 0 Å². The van der Waals surface area contributed by atoms with E-state index in [1.165, 1.54) is 24.3 Å². The molecule has 0 spiro atoms. The Hall–Kier alpha value is -4.46. The van der Waals surface area contributed by atoms with E-state index in [2.05, 4.69) is 10.3 Å². The molecule has 2 heterocycles. The molecule has 5 aromatic rings. The summed E-state index contributed by atoms with van der Waals surface area (Å²) < 4.78 is 55.3. The molecule has 2 aromatic heterocycles. The minimum Gasteiger partial charge on any atom is -0.356 e. The zero-order valence-electron chi connectivity index (χ0n) is 21.5. The van der Waals surface area contributed by atoms with E-state index < -0.39 is 17.7 Å². The first-order valence-corrected chi connectivity index (χ1v) is 12.9. The van der Waals surface area contributed by atoms with Crippen LogP contribution in [0, 0.1) is 5.82 Å². The Morgan fingerprint density at radius 3 is 2.33 bits per heavy atom. The van der Waals surface area contributed by atoms with Crippen LogP contribution in [0.2, 0.25) is 0 Å². The van der Waals surface area contributed by atoms with Crippen molar-refractivity contribution in [2.24, 2.45) is 0 Å². The topological polar surface area (TPSA) is 46.9 Å². The van der Waals surface area contributed by atoms with Crippen molar-refractivity contribution in [2.75, 3.05) is 6.54 Å². The van der Waals surface area contributed by atoms with Crippen LogP contribution in [-0.2, 0) is 23.9 Å². The summed E-state index contributed by atoms with van der Waals surface area (Å²) in [6.45, 7) is 0.860. The lowest BCUT2D eigenvalue weighted by molar-refractivity contribution is -0.137. The van der Waals surface area contributed by atoms with Gasteiger partial charge in [0, 0.05) is 60.8 Å². The number of fused-ring (bicyclic) bond motifs is 1. The van der Waals surface area contributed by atoms with Crippen LogP contribution in [0.15, 0.2) is 103 Å². The summed E-state index contributed by atoms with van der Waals surface area (Å²) in [4.78, 5) is 17.4. The van der Waals surface area contributed by atoms with Crippen LogP contribution in [0.1, 0.15) is 40.3 Å². The molecule has 0 aliphatic rings. The second-order valence-corrected chi connectivity index (χ2v) is 9.65. The number of halogens is 4. The number of rotatable bonds is 9. The molecular formula is C32H27F4N3O. The average Bonchev–Trinajstić information content (AvgIpc) is 3.31. The number of nitrogens with zero attached hydrogens (tertiary/aromatic N) is 2. The Kier molecular flexibility index (Phi) is 7.96. The van der Waals surface area contributed by atoms with Gasteiger partial charge < -0.3 is 9.88 Å². The number of carbonyl (C=O) groups excluding carboxylic acids is 1. The first-order chi connectivity index (χ1) is 19.3. The molecule has 3 aromatic carbocycles. The molecule has 1 N–H and O–H groups in total. The molecule has 0 bridgehead atoms. The van der Waals surface area contributed by atoms with Crippen molar-refractivity contribution in [3.8, 4) is 0 Å². The lowest BCUT2D eigenvalue weighted by Gasteiger charge is -2.18. The number of alkyl halides is 3. The van der Waals surface area contributed by atoms with Crippen molar-refractivity contribution < 1.29 is 22.4 Å². The van der Waals surface area contributed by atoms with Gasteiger partial charge in [-0.05, 0) is 59.2 Å². The molecule has 0 saturated carbocycles. The maximum absolute atomic E-state index is 13.5. The van der Waals surface area contributed by atoms with Crippen LogP contribution >= 0.6 is 0 Å². The summed E-state index contributed by atoms with van der Waals surface area (Å²) in [5.41, 5.74) is 3.36. The predicted molar refractivity (Wildman–Crippen MR) is 146 cm³/mol. The lowest BCUT2D eigenvalue weighted by Crippen LogP contribution is -2.27. The quantitative estimate of drug-likeness (QED) is 0.201. The van der Waals surface area contributed by atoms with E-state index in [1.807, 2.05) is 53.2 Å². The smallest absolute Gasteiger partial charge is 0.356 e. The number of para-hydroxylation sites is 1. The number of amides is 1. The molecule has 4 nitrogen and oxygen atoms in total. The minimum absolute atomic E-state index is 0.0537. The molecule has 1 unspecified atom stereocenters. The third-order valence-corrected chi connectivity index (χ3v) is 6.92. The van der Waals surface area contributed by atoms with Crippen molar-refractivity contribution in [3.63, 3.8) is 0 Å². The van der Waals surface area contributed by atoms with Crippen molar-refractivity contribution in [1.29, 1.82) is 0 Å².